The van der Waals surface area contributed by atoms with Gasteiger partial charge in [0.1, 0.15) is 5.75 Å². The number of aromatic hydroxyl groups is 1. The van der Waals surface area contributed by atoms with Crippen LogP contribution in [0.25, 0.3) is 5.69 Å². The van der Waals surface area contributed by atoms with Crippen LogP contribution in [0.15, 0.2) is 88.9 Å². The number of carbonyl (C=O) groups is 1. The number of rotatable bonds is 5. The minimum absolute atomic E-state index is 0.00291. The number of hydrogen-bond acceptors (Lipinski definition) is 7. The van der Waals surface area contributed by atoms with Crippen LogP contribution in [0.4, 0.5) is 5.69 Å². The second-order valence-electron chi connectivity index (χ2n) is 7.15. The van der Waals surface area contributed by atoms with Gasteiger partial charge in [0.25, 0.3) is 0 Å². The zero-order valence-corrected chi connectivity index (χ0v) is 18.5. The summed E-state index contributed by atoms with van der Waals surface area (Å²) in [4.78, 5) is 16.5. The molecule has 32 heavy (non-hydrogen) atoms. The predicted octanol–water partition coefficient (Wildman–Crippen LogP) is 4.34. The number of anilines is 1. The maximum atomic E-state index is 13.5. The molecule has 0 bridgehead atoms. The van der Waals surface area contributed by atoms with Crippen molar-refractivity contribution in [2.24, 2.45) is 0 Å². The van der Waals surface area contributed by atoms with Crippen molar-refractivity contribution in [3.05, 3.63) is 84.4 Å². The summed E-state index contributed by atoms with van der Waals surface area (Å²) in [5, 5.41) is 21.9. The highest BCUT2D eigenvalue weighted by molar-refractivity contribution is 8.00. The smallest absolute Gasteiger partial charge is 0.238 e. The molecule has 2 heterocycles. The maximum absolute atomic E-state index is 13.5. The maximum Gasteiger partial charge on any atom is 0.238 e. The molecule has 160 valence electrons. The van der Waals surface area contributed by atoms with Gasteiger partial charge in [0.05, 0.1) is 23.2 Å². The Bertz CT molecular complexity index is 1230. The van der Waals surface area contributed by atoms with Crippen molar-refractivity contribution < 1.29 is 9.90 Å². The highest BCUT2D eigenvalue weighted by atomic mass is 32.2. The van der Waals surface area contributed by atoms with Crippen LogP contribution in [-0.2, 0) is 4.79 Å². The summed E-state index contributed by atoms with van der Waals surface area (Å²) >= 11 is 3.06. The number of carbonyl (C=O) groups excluding carboxylic acids is 1. The second-order valence-corrected chi connectivity index (χ2v) is 9.15. The fourth-order valence-corrected chi connectivity index (χ4v) is 5.56. The number of phenols is 1. The van der Waals surface area contributed by atoms with Gasteiger partial charge in [-0.2, -0.15) is 4.68 Å². The molecule has 0 spiro atoms. The normalized spacial score (nSPS) is 15.4. The van der Waals surface area contributed by atoms with E-state index in [0.717, 1.165) is 21.9 Å². The lowest BCUT2D eigenvalue weighted by Crippen LogP contribution is -2.39. The number of phenolic OH excluding ortho intramolecular Hbond substituents is 1. The van der Waals surface area contributed by atoms with E-state index in [1.54, 1.807) is 40.7 Å². The fourth-order valence-electron chi connectivity index (χ4n) is 3.64. The molecule has 9 heteroatoms. The lowest BCUT2D eigenvalue weighted by Gasteiger charge is -2.37. The molecule has 0 aliphatic carbocycles. The van der Waals surface area contributed by atoms with Crippen molar-refractivity contribution in [2.75, 3.05) is 16.4 Å². The standard InChI is InChI=1S/C23H19N5O2S2/c29-18-12-10-17(11-13-18)28-23(24-25-26-28)32-15-22(30)27-19-8-4-5-9-21(19)31-14-20(27)16-6-2-1-3-7-16/h1-13,20,29H,14-15H2. The minimum atomic E-state index is -0.0442. The Hall–Kier alpha value is -3.30. The van der Waals surface area contributed by atoms with Gasteiger partial charge in [-0.15, -0.1) is 16.9 Å². The number of nitrogens with zero attached hydrogens (tertiary/aromatic N) is 5. The third kappa shape index (κ3) is 4.09. The second kappa shape index (κ2) is 9.05. The van der Waals surface area contributed by atoms with Crippen molar-refractivity contribution in [1.29, 1.82) is 0 Å². The van der Waals surface area contributed by atoms with Crippen molar-refractivity contribution in [1.82, 2.24) is 20.2 Å². The molecule has 5 rings (SSSR count). The van der Waals surface area contributed by atoms with Crippen molar-refractivity contribution >= 4 is 35.1 Å². The molecule has 1 unspecified atom stereocenters. The summed E-state index contributed by atoms with van der Waals surface area (Å²) in [7, 11) is 0. The van der Waals surface area contributed by atoms with Crippen LogP contribution >= 0.6 is 23.5 Å². The number of aromatic nitrogens is 4. The van der Waals surface area contributed by atoms with E-state index in [4.69, 9.17) is 0 Å². The quantitative estimate of drug-likeness (QED) is 0.443. The first kappa shape index (κ1) is 20.6. The molecule has 1 atom stereocenters. The Kier molecular flexibility index (Phi) is 5.83. The minimum Gasteiger partial charge on any atom is -0.508 e. The average Bonchev–Trinajstić information content (AvgIpc) is 3.31. The topological polar surface area (TPSA) is 84.1 Å². The largest absolute Gasteiger partial charge is 0.508 e. The van der Waals surface area contributed by atoms with Gasteiger partial charge in [-0.05, 0) is 52.4 Å². The zero-order chi connectivity index (χ0) is 21.9. The average molecular weight is 462 g/mol. The number of thioether (sulfide) groups is 2. The molecule has 3 aromatic carbocycles. The van der Waals surface area contributed by atoms with E-state index in [-0.39, 0.29) is 23.5 Å². The van der Waals surface area contributed by atoms with E-state index in [2.05, 4.69) is 33.7 Å². The summed E-state index contributed by atoms with van der Waals surface area (Å²) in [5.41, 5.74) is 2.76. The van der Waals surface area contributed by atoms with Gasteiger partial charge in [0.2, 0.25) is 11.1 Å². The van der Waals surface area contributed by atoms with Crippen LogP contribution < -0.4 is 4.90 Å². The number of hydrogen-bond donors (Lipinski definition) is 1. The number of tetrazole rings is 1. The summed E-state index contributed by atoms with van der Waals surface area (Å²) in [6.07, 6.45) is 0. The molecule has 0 saturated carbocycles. The molecule has 7 nitrogen and oxygen atoms in total. The lowest BCUT2D eigenvalue weighted by atomic mass is 10.1. The number of benzene rings is 3. The number of fused-ring (bicyclic) bond motifs is 1. The van der Waals surface area contributed by atoms with Crippen molar-refractivity contribution in [2.45, 2.75) is 16.1 Å². The first-order valence-corrected chi connectivity index (χ1v) is 12.0. The third-order valence-electron chi connectivity index (χ3n) is 5.15. The highest BCUT2D eigenvalue weighted by Crippen LogP contribution is 2.43. The predicted molar refractivity (Wildman–Crippen MR) is 125 cm³/mol. The zero-order valence-electron chi connectivity index (χ0n) is 16.9. The van der Waals surface area contributed by atoms with Gasteiger partial charge >= 0.3 is 0 Å². The lowest BCUT2D eigenvalue weighted by molar-refractivity contribution is -0.116. The van der Waals surface area contributed by atoms with Crippen LogP contribution in [0.5, 0.6) is 5.75 Å². The van der Waals surface area contributed by atoms with Crippen LogP contribution in [0.3, 0.4) is 0 Å². The summed E-state index contributed by atoms with van der Waals surface area (Å²) in [6, 6.07) is 24.7. The fraction of sp³-hybridized carbons (Fsp3) is 0.130. The molecule has 1 N–H and O–H groups in total. The van der Waals surface area contributed by atoms with Crippen molar-refractivity contribution in [3.63, 3.8) is 0 Å². The van der Waals surface area contributed by atoms with E-state index >= 15 is 0 Å². The summed E-state index contributed by atoms with van der Waals surface area (Å²) in [5.74, 6) is 1.15. The molecular formula is C23H19N5O2S2. The van der Waals surface area contributed by atoms with Gasteiger partial charge in [-0.25, -0.2) is 0 Å². The monoisotopic (exact) mass is 461 g/mol. The van der Waals surface area contributed by atoms with Gasteiger partial charge in [0, 0.05) is 10.6 Å². The highest BCUT2D eigenvalue weighted by Gasteiger charge is 2.32. The van der Waals surface area contributed by atoms with E-state index in [0.29, 0.717) is 10.8 Å². The van der Waals surface area contributed by atoms with Crippen LogP contribution in [0, 0.1) is 0 Å². The molecule has 0 saturated heterocycles. The molecule has 1 aliphatic heterocycles. The van der Waals surface area contributed by atoms with E-state index in [1.165, 1.54) is 11.8 Å². The molecule has 4 aromatic rings. The van der Waals surface area contributed by atoms with Crippen molar-refractivity contribution in [3.8, 4) is 11.4 Å². The Morgan fingerprint density at radius 2 is 1.78 bits per heavy atom. The molecule has 1 aromatic heterocycles. The molecule has 0 radical (unpaired) electrons. The van der Waals surface area contributed by atoms with Gasteiger partial charge < -0.3 is 10.0 Å². The molecule has 1 amide bonds. The van der Waals surface area contributed by atoms with Crippen LogP contribution in [-0.4, -0.2) is 42.7 Å². The van der Waals surface area contributed by atoms with Gasteiger partial charge in [-0.1, -0.05) is 54.2 Å². The Balaban J connectivity index is 1.40. The Morgan fingerprint density at radius 3 is 2.59 bits per heavy atom. The first-order chi connectivity index (χ1) is 15.7. The number of para-hydroxylation sites is 1. The Morgan fingerprint density at radius 1 is 1.03 bits per heavy atom. The van der Waals surface area contributed by atoms with Gasteiger partial charge in [0.15, 0.2) is 0 Å². The Labute approximate surface area is 193 Å². The SMILES string of the molecule is O=C(CSc1nnnn1-c1ccc(O)cc1)N1c2ccccc2SCC1c1ccccc1. The van der Waals surface area contributed by atoms with E-state index in [1.807, 2.05) is 41.3 Å². The molecule has 0 fully saturated rings. The summed E-state index contributed by atoms with van der Waals surface area (Å²) in [6.45, 7) is 0. The van der Waals surface area contributed by atoms with E-state index < -0.39 is 0 Å². The third-order valence-corrected chi connectivity index (χ3v) is 7.19. The van der Waals surface area contributed by atoms with E-state index in [9.17, 15) is 9.90 Å². The first-order valence-electron chi connectivity index (χ1n) is 10.00. The van der Waals surface area contributed by atoms with Crippen LogP contribution in [0.2, 0.25) is 0 Å². The molecular weight excluding hydrogens is 442 g/mol. The van der Waals surface area contributed by atoms with Gasteiger partial charge in [-0.3, -0.25) is 4.79 Å². The van der Waals surface area contributed by atoms with Crippen LogP contribution in [0.1, 0.15) is 11.6 Å². The number of amides is 1. The summed E-state index contributed by atoms with van der Waals surface area (Å²) < 4.78 is 1.56. The molecule has 1 aliphatic rings.